The van der Waals surface area contributed by atoms with Gasteiger partial charge in [-0.3, -0.25) is 0 Å². The number of nitrogens with two attached hydrogens (primary N) is 2. The van der Waals surface area contributed by atoms with Crippen molar-refractivity contribution in [3.05, 3.63) is 0 Å². The molecule has 0 aromatic carbocycles. The number of halogens is 1. The van der Waals surface area contributed by atoms with E-state index in [0.29, 0.717) is 0 Å². The second kappa shape index (κ2) is 4.52. The highest BCUT2D eigenvalue weighted by molar-refractivity contribution is 5.85. The predicted molar refractivity (Wildman–Crippen MR) is 46.6 cm³/mol. The highest BCUT2D eigenvalue weighted by Crippen LogP contribution is 2.01. The Morgan fingerprint density at radius 1 is 1.17 bits per heavy atom. The van der Waals surface area contributed by atoms with Crippen LogP contribution in [0.25, 0.3) is 0 Å². The first kappa shape index (κ1) is 10.7. The van der Waals surface area contributed by atoms with Crippen molar-refractivity contribution in [3.8, 4) is 0 Å². The number of anilines is 3. The van der Waals surface area contributed by atoms with E-state index in [9.17, 15) is 0 Å². The molecule has 1 heterocycles. The SMILES string of the molecule is Cl.Nc1nc(N)nc(NCO)n1. The van der Waals surface area contributed by atoms with Crippen molar-refractivity contribution in [2.75, 3.05) is 23.5 Å². The Bertz CT molecular complexity index is 235. The molecule has 1 rings (SSSR count). The van der Waals surface area contributed by atoms with E-state index in [1.54, 1.807) is 0 Å². The van der Waals surface area contributed by atoms with Crippen molar-refractivity contribution in [2.45, 2.75) is 0 Å². The molecular formula is C4H9ClN6O. The van der Waals surface area contributed by atoms with E-state index in [0.717, 1.165) is 0 Å². The summed E-state index contributed by atoms with van der Waals surface area (Å²) in [6, 6.07) is 0. The molecule has 0 aliphatic heterocycles. The Labute approximate surface area is 74.6 Å². The number of aliphatic hydroxyl groups is 1. The van der Waals surface area contributed by atoms with Crippen LogP contribution in [-0.2, 0) is 0 Å². The van der Waals surface area contributed by atoms with Crippen LogP contribution in [0.4, 0.5) is 17.8 Å². The Morgan fingerprint density at radius 2 is 1.67 bits per heavy atom. The average molecular weight is 193 g/mol. The number of nitrogens with zero attached hydrogens (tertiary/aromatic N) is 3. The summed E-state index contributed by atoms with van der Waals surface area (Å²) < 4.78 is 0. The quantitative estimate of drug-likeness (QED) is 0.435. The summed E-state index contributed by atoms with van der Waals surface area (Å²) in [5.74, 6) is 0.208. The summed E-state index contributed by atoms with van der Waals surface area (Å²) >= 11 is 0. The van der Waals surface area contributed by atoms with Gasteiger partial charge in [0.05, 0.1) is 0 Å². The van der Waals surface area contributed by atoms with Crippen LogP contribution in [0.3, 0.4) is 0 Å². The summed E-state index contributed by atoms with van der Waals surface area (Å²) in [6.07, 6.45) is 0. The third-order valence-electron chi connectivity index (χ3n) is 0.907. The van der Waals surface area contributed by atoms with Gasteiger partial charge in [-0.15, -0.1) is 12.4 Å². The highest BCUT2D eigenvalue weighted by Gasteiger charge is 1.98. The van der Waals surface area contributed by atoms with Crippen molar-refractivity contribution in [1.29, 1.82) is 0 Å². The van der Waals surface area contributed by atoms with Crippen molar-refractivity contribution < 1.29 is 5.11 Å². The zero-order chi connectivity index (χ0) is 8.27. The first-order valence-corrected chi connectivity index (χ1v) is 2.84. The van der Waals surface area contributed by atoms with Crippen LogP contribution < -0.4 is 16.8 Å². The second-order valence-corrected chi connectivity index (χ2v) is 1.71. The van der Waals surface area contributed by atoms with Gasteiger partial charge in [0.1, 0.15) is 6.73 Å². The molecule has 12 heavy (non-hydrogen) atoms. The van der Waals surface area contributed by atoms with Crippen LogP contribution in [0, 0.1) is 0 Å². The van der Waals surface area contributed by atoms with Crippen molar-refractivity contribution in [2.24, 2.45) is 0 Å². The molecule has 0 radical (unpaired) electrons. The lowest BCUT2D eigenvalue weighted by atomic mass is 10.8. The summed E-state index contributed by atoms with van der Waals surface area (Å²) in [4.78, 5) is 10.8. The van der Waals surface area contributed by atoms with Gasteiger partial charge in [0.25, 0.3) is 0 Å². The molecule has 6 N–H and O–H groups in total. The highest BCUT2D eigenvalue weighted by atomic mass is 35.5. The molecule has 0 amide bonds. The molecule has 0 bridgehead atoms. The van der Waals surface area contributed by atoms with Crippen LogP contribution in [0.2, 0.25) is 0 Å². The number of hydrogen-bond acceptors (Lipinski definition) is 7. The molecule has 68 valence electrons. The smallest absolute Gasteiger partial charge is 0.231 e. The zero-order valence-corrected chi connectivity index (χ0v) is 6.88. The minimum Gasteiger partial charge on any atom is -0.376 e. The Morgan fingerprint density at radius 3 is 2.08 bits per heavy atom. The van der Waals surface area contributed by atoms with Gasteiger partial charge in [-0.2, -0.15) is 15.0 Å². The van der Waals surface area contributed by atoms with Gasteiger partial charge in [0, 0.05) is 0 Å². The summed E-state index contributed by atoms with van der Waals surface area (Å²) in [5.41, 5.74) is 10.5. The van der Waals surface area contributed by atoms with Gasteiger partial charge in [0.2, 0.25) is 17.8 Å². The largest absolute Gasteiger partial charge is 0.376 e. The normalized spacial score (nSPS) is 8.75. The van der Waals surface area contributed by atoms with Crippen LogP contribution in [0.1, 0.15) is 0 Å². The van der Waals surface area contributed by atoms with E-state index in [4.69, 9.17) is 16.6 Å². The molecular weight excluding hydrogens is 184 g/mol. The van der Waals surface area contributed by atoms with Crippen molar-refractivity contribution in [3.63, 3.8) is 0 Å². The number of rotatable bonds is 2. The fourth-order valence-electron chi connectivity index (χ4n) is 0.559. The molecule has 0 unspecified atom stereocenters. The minimum absolute atomic E-state index is 0. The monoisotopic (exact) mass is 192 g/mol. The van der Waals surface area contributed by atoms with Gasteiger partial charge in [0.15, 0.2) is 0 Å². The third-order valence-corrected chi connectivity index (χ3v) is 0.907. The molecule has 7 nitrogen and oxygen atoms in total. The molecule has 0 aliphatic rings. The van der Waals surface area contributed by atoms with Gasteiger partial charge >= 0.3 is 0 Å². The maximum absolute atomic E-state index is 8.41. The minimum atomic E-state index is -0.275. The molecule has 1 aromatic heterocycles. The van der Waals surface area contributed by atoms with Crippen molar-refractivity contribution >= 4 is 30.3 Å². The first-order chi connectivity index (χ1) is 5.22. The lowest BCUT2D eigenvalue weighted by Gasteiger charge is -2.00. The van der Waals surface area contributed by atoms with Gasteiger partial charge in [-0.1, -0.05) is 0 Å². The van der Waals surface area contributed by atoms with Crippen LogP contribution >= 0.6 is 12.4 Å². The van der Waals surface area contributed by atoms with E-state index < -0.39 is 0 Å². The maximum atomic E-state index is 8.41. The molecule has 0 atom stereocenters. The second-order valence-electron chi connectivity index (χ2n) is 1.71. The molecule has 8 heteroatoms. The fourth-order valence-corrected chi connectivity index (χ4v) is 0.559. The number of nitrogens with one attached hydrogen (secondary N) is 1. The average Bonchev–Trinajstić information content (AvgIpc) is 1.85. The molecule has 0 spiro atoms. The molecule has 0 saturated carbocycles. The van der Waals surface area contributed by atoms with E-state index in [-0.39, 0.29) is 37.0 Å². The lowest BCUT2D eigenvalue weighted by molar-refractivity contribution is 0.324. The van der Waals surface area contributed by atoms with Gasteiger partial charge in [-0.05, 0) is 0 Å². The molecule has 0 saturated heterocycles. The summed E-state index contributed by atoms with van der Waals surface area (Å²) in [5, 5.41) is 10.8. The van der Waals surface area contributed by atoms with E-state index >= 15 is 0 Å². The molecule has 1 aromatic rings. The van der Waals surface area contributed by atoms with Crippen LogP contribution in [0.15, 0.2) is 0 Å². The van der Waals surface area contributed by atoms with E-state index in [1.165, 1.54) is 0 Å². The molecule has 0 aliphatic carbocycles. The fraction of sp³-hybridized carbons (Fsp3) is 0.250. The Hall–Kier alpha value is -1.34. The molecule has 0 fully saturated rings. The van der Waals surface area contributed by atoms with E-state index in [1.807, 2.05) is 0 Å². The first-order valence-electron chi connectivity index (χ1n) is 2.84. The standard InChI is InChI=1S/C4H8N6O.ClH/c5-2-8-3(6)10-4(9-2)7-1-11;/h11H,1H2,(H5,5,6,7,8,9,10);1H. The third kappa shape index (κ3) is 2.72. The van der Waals surface area contributed by atoms with Crippen LogP contribution in [0.5, 0.6) is 0 Å². The Kier molecular flexibility index (Phi) is 4.02. The number of nitrogen functional groups attached to an aromatic ring is 2. The lowest BCUT2D eigenvalue weighted by Crippen LogP contribution is -2.09. The number of hydrogen-bond donors (Lipinski definition) is 4. The summed E-state index contributed by atoms with van der Waals surface area (Å²) in [7, 11) is 0. The summed E-state index contributed by atoms with van der Waals surface area (Å²) in [6.45, 7) is -0.275. The maximum Gasteiger partial charge on any atom is 0.231 e. The number of aromatic nitrogens is 3. The predicted octanol–water partition coefficient (Wildman–Crippen LogP) is -1.18. The zero-order valence-electron chi connectivity index (χ0n) is 6.06. The van der Waals surface area contributed by atoms with Gasteiger partial charge in [-0.25, -0.2) is 0 Å². The topological polar surface area (TPSA) is 123 Å². The van der Waals surface area contributed by atoms with Crippen molar-refractivity contribution in [1.82, 2.24) is 15.0 Å². The van der Waals surface area contributed by atoms with E-state index in [2.05, 4.69) is 20.3 Å². The number of aliphatic hydroxyl groups excluding tert-OH is 1. The van der Waals surface area contributed by atoms with Gasteiger partial charge < -0.3 is 21.9 Å². The Balaban J connectivity index is 0.00000121. The van der Waals surface area contributed by atoms with Crippen LogP contribution in [-0.4, -0.2) is 26.8 Å².